The second-order valence-corrected chi connectivity index (χ2v) is 6.94. The van der Waals surface area contributed by atoms with Gasteiger partial charge in [-0.15, -0.1) is 0 Å². The van der Waals surface area contributed by atoms with Crippen LogP contribution >= 0.6 is 15.9 Å². The zero-order valence-corrected chi connectivity index (χ0v) is 16.5. The number of anilines is 1. The molecular formula is C18H17BrF3N5O. The maximum absolute atomic E-state index is 12.9. The van der Waals surface area contributed by atoms with Gasteiger partial charge in [0.15, 0.2) is 11.5 Å². The van der Waals surface area contributed by atoms with Crippen LogP contribution in [0.1, 0.15) is 23.4 Å². The Labute approximate surface area is 167 Å². The fourth-order valence-electron chi connectivity index (χ4n) is 2.62. The van der Waals surface area contributed by atoms with Crippen molar-refractivity contribution < 1.29 is 18.0 Å². The minimum absolute atomic E-state index is 0.0249. The van der Waals surface area contributed by atoms with E-state index in [9.17, 15) is 18.0 Å². The van der Waals surface area contributed by atoms with Gasteiger partial charge < -0.3 is 5.32 Å². The number of carbonyl (C=O) groups is 1. The van der Waals surface area contributed by atoms with Crippen molar-refractivity contribution in [3.05, 3.63) is 64.0 Å². The van der Waals surface area contributed by atoms with Gasteiger partial charge in [-0.1, -0.05) is 30.3 Å². The van der Waals surface area contributed by atoms with Crippen LogP contribution in [0, 0.1) is 6.92 Å². The zero-order chi connectivity index (χ0) is 20.3. The van der Waals surface area contributed by atoms with E-state index in [4.69, 9.17) is 0 Å². The van der Waals surface area contributed by atoms with E-state index in [0.717, 1.165) is 5.56 Å². The van der Waals surface area contributed by atoms with Crippen LogP contribution in [0.15, 0.2) is 47.1 Å². The molecule has 0 radical (unpaired) electrons. The molecule has 0 saturated carbocycles. The first-order valence-corrected chi connectivity index (χ1v) is 9.20. The molecule has 0 aliphatic rings. The Kier molecular flexibility index (Phi) is 5.87. The standard InChI is InChI=1S/C18H17BrF3N5O/c1-12-16(19)17(18(20,21)22)25-27(12)10-8-15(28)23-14-7-9-26(24-14)11-13-5-3-2-4-6-13/h2-7,9H,8,10-11H2,1H3,(H,23,24,28). The molecule has 2 heterocycles. The molecule has 1 N–H and O–H groups in total. The molecule has 6 nitrogen and oxygen atoms in total. The van der Waals surface area contributed by atoms with Crippen LogP contribution in [0.2, 0.25) is 0 Å². The largest absolute Gasteiger partial charge is 0.436 e. The maximum Gasteiger partial charge on any atom is 0.436 e. The van der Waals surface area contributed by atoms with Crippen molar-refractivity contribution in [1.29, 1.82) is 0 Å². The van der Waals surface area contributed by atoms with Crippen molar-refractivity contribution in [2.45, 2.75) is 32.6 Å². The first-order chi connectivity index (χ1) is 13.2. The van der Waals surface area contributed by atoms with E-state index >= 15 is 0 Å². The number of hydrogen-bond acceptors (Lipinski definition) is 3. The molecule has 0 aliphatic carbocycles. The molecule has 2 aromatic heterocycles. The second kappa shape index (κ2) is 8.17. The number of amides is 1. The summed E-state index contributed by atoms with van der Waals surface area (Å²) >= 11 is 2.91. The molecule has 0 saturated heterocycles. The lowest BCUT2D eigenvalue weighted by molar-refractivity contribution is -0.142. The Bertz CT molecular complexity index is 966. The van der Waals surface area contributed by atoms with Crippen molar-refractivity contribution in [2.24, 2.45) is 0 Å². The number of nitrogens with zero attached hydrogens (tertiary/aromatic N) is 4. The van der Waals surface area contributed by atoms with Gasteiger partial charge in [0.25, 0.3) is 0 Å². The minimum Gasteiger partial charge on any atom is -0.309 e. The molecule has 0 atom stereocenters. The van der Waals surface area contributed by atoms with Gasteiger partial charge in [0.2, 0.25) is 5.91 Å². The van der Waals surface area contributed by atoms with Crippen molar-refractivity contribution in [1.82, 2.24) is 19.6 Å². The van der Waals surface area contributed by atoms with Gasteiger partial charge in [0, 0.05) is 18.7 Å². The van der Waals surface area contributed by atoms with E-state index in [1.54, 1.807) is 16.9 Å². The normalized spacial score (nSPS) is 11.6. The van der Waals surface area contributed by atoms with Gasteiger partial charge in [-0.05, 0) is 28.4 Å². The van der Waals surface area contributed by atoms with E-state index in [0.29, 0.717) is 18.1 Å². The van der Waals surface area contributed by atoms with Crippen LogP contribution in [-0.4, -0.2) is 25.5 Å². The topological polar surface area (TPSA) is 64.7 Å². The Morgan fingerprint density at radius 2 is 1.89 bits per heavy atom. The number of aryl methyl sites for hydroxylation is 1. The second-order valence-electron chi connectivity index (χ2n) is 6.15. The third-order valence-corrected chi connectivity index (χ3v) is 5.00. The molecule has 3 aromatic rings. The molecule has 0 spiro atoms. The number of hydrogen-bond donors (Lipinski definition) is 1. The van der Waals surface area contributed by atoms with E-state index in [2.05, 4.69) is 31.4 Å². The van der Waals surface area contributed by atoms with E-state index < -0.39 is 11.9 Å². The van der Waals surface area contributed by atoms with Crippen LogP contribution < -0.4 is 5.32 Å². The molecule has 3 rings (SSSR count). The zero-order valence-electron chi connectivity index (χ0n) is 14.9. The number of carbonyl (C=O) groups excluding carboxylic acids is 1. The number of halogens is 4. The number of rotatable bonds is 6. The van der Waals surface area contributed by atoms with Crippen LogP contribution in [0.5, 0.6) is 0 Å². The molecule has 0 aliphatic heterocycles. The first-order valence-electron chi connectivity index (χ1n) is 8.41. The Balaban J connectivity index is 1.57. The maximum atomic E-state index is 12.9. The fraction of sp³-hybridized carbons (Fsp3) is 0.278. The minimum atomic E-state index is -4.55. The molecule has 1 aromatic carbocycles. The molecule has 10 heteroatoms. The predicted octanol–water partition coefficient (Wildman–Crippen LogP) is 4.25. The summed E-state index contributed by atoms with van der Waals surface area (Å²) < 4.78 is 41.4. The van der Waals surface area contributed by atoms with Crippen molar-refractivity contribution >= 4 is 27.7 Å². The summed E-state index contributed by atoms with van der Waals surface area (Å²) in [5.74, 6) is 0.0276. The van der Waals surface area contributed by atoms with Gasteiger partial charge in [-0.3, -0.25) is 14.2 Å². The predicted molar refractivity (Wildman–Crippen MR) is 101 cm³/mol. The summed E-state index contributed by atoms with van der Waals surface area (Å²) in [5, 5.41) is 10.5. The molecule has 148 valence electrons. The molecular weight excluding hydrogens is 439 g/mol. The van der Waals surface area contributed by atoms with E-state index in [-0.39, 0.29) is 23.3 Å². The number of benzene rings is 1. The summed E-state index contributed by atoms with van der Waals surface area (Å²) in [6.45, 7) is 2.10. The highest BCUT2D eigenvalue weighted by Gasteiger charge is 2.37. The summed E-state index contributed by atoms with van der Waals surface area (Å²) in [6.07, 6.45) is -2.84. The highest BCUT2D eigenvalue weighted by molar-refractivity contribution is 9.10. The first kappa shape index (κ1) is 20.1. The van der Waals surface area contributed by atoms with Gasteiger partial charge >= 0.3 is 6.18 Å². The smallest absolute Gasteiger partial charge is 0.309 e. The van der Waals surface area contributed by atoms with Gasteiger partial charge in [-0.25, -0.2) is 0 Å². The summed E-state index contributed by atoms with van der Waals surface area (Å²) in [4.78, 5) is 12.1. The van der Waals surface area contributed by atoms with Crippen molar-refractivity contribution in [3.8, 4) is 0 Å². The highest BCUT2D eigenvalue weighted by Crippen LogP contribution is 2.35. The summed E-state index contributed by atoms with van der Waals surface area (Å²) in [5.41, 5.74) is 0.390. The van der Waals surface area contributed by atoms with Crippen LogP contribution in [0.3, 0.4) is 0 Å². The molecule has 0 fully saturated rings. The van der Waals surface area contributed by atoms with Crippen LogP contribution in [0.4, 0.5) is 19.0 Å². The highest BCUT2D eigenvalue weighted by atomic mass is 79.9. The Morgan fingerprint density at radius 3 is 2.54 bits per heavy atom. The summed E-state index contributed by atoms with van der Waals surface area (Å²) in [7, 11) is 0. The fourth-order valence-corrected chi connectivity index (χ4v) is 3.13. The quantitative estimate of drug-likeness (QED) is 0.604. The number of alkyl halides is 3. The Morgan fingerprint density at radius 1 is 1.18 bits per heavy atom. The summed E-state index contributed by atoms with van der Waals surface area (Å²) in [6, 6.07) is 11.4. The lowest BCUT2D eigenvalue weighted by atomic mass is 10.2. The SMILES string of the molecule is Cc1c(Br)c(C(F)(F)F)nn1CCC(=O)Nc1ccn(Cc2ccccc2)n1. The number of aromatic nitrogens is 4. The molecule has 28 heavy (non-hydrogen) atoms. The lowest BCUT2D eigenvalue weighted by Crippen LogP contribution is -2.16. The monoisotopic (exact) mass is 455 g/mol. The molecule has 1 amide bonds. The average Bonchev–Trinajstić information content (AvgIpc) is 3.19. The third-order valence-electron chi connectivity index (χ3n) is 4.05. The van der Waals surface area contributed by atoms with Gasteiger partial charge in [-0.2, -0.15) is 23.4 Å². The van der Waals surface area contributed by atoms with Crippen molar-refractivity contribution in [3.63, 3.8) is 0 Å². The average molecular weight is 456 g/mol. The van der Waals surface area contributed by atoms with Crippen LogP contribution in [-0.2, 0) is 24.1 Å². The van der Waals surface area contributed by atoms with E-state index in [1.165, 1.54) is 11.6 Å². The molecule has 0 bridgehead atoms. The van der Waals surface area contributed by atoms with E-state index in [1.807, 2.05) is 30.3 Å². The Hall–Kier alpha value is -2.62. The van der Waals surface area contributed by atoms with Gasteiger partial charge in [0.1, 0.15) is 0 Å². The lowest BCUT2D eigenvalue weighted by Gasteiger charge is -2.05. The molecule has 0 unspecified atom stereocenters. The third kappa shape index (κ3) is 4.80. The van der Waals surface area contributed by atoms with Crippen molar-refractivity contribution in [2.75, 3.05) is 5.32 Å². The van der Waals surface area contributed by atoms with Gasteiger partial charge in [0.05, 0.1) is 23.3 Å². The van der Waals surface area contributed by atoms with Crippen LogP contribution in [0.25, 0.3) is 0 Å². The number of nitrogens with one attached hydrogen (secondary N) is 1.